The third-order valence-electron chi connectivity index (χ3n) is 4.38. The highest BCUT2D eigenvalue weighted by Gasteiger charge is 2.41. The second kappa shape index (κ2) is 8.79. The van der Waals surface area contributed by atoms with Crippen LogP contribution in [0, 0.1) is 5.41 Å². The van der Waals surface area contributed by atoms with Crippen LogP contribution in [0.4, 0.5) is 0 Å². The Morgan fingerprint density at radius 1 is 1.48 bits per heavy atom. The predicted octanol–water partition coefficient (Wildman–Crippen LogP) is 3.06. The van der Waals surface area contributed by atoms with Gasteiger partial charge >= 0.3 is 0 Å². The number of nitrogens with zero attached hydrogens (tertiary/aromatic N) is 2. The van der Waals surface area contributed by atoms with Crippen LogP contribution in [-0.2, 0) is 21.9 Å². The molecule has 1 aromatic carbocycles. The van der Waals surface area contributed by atoms with Gasteiger partial charge in [0.2, 0.25) is 5.79 Å². The molecule has 1 saturated heterocycles. The molecule has 0 unspecified atom stereocenters. The van der Waals surface area contributed by atoms with Gasteiger partial charge in [-0.15, -0.1) is 0 Å². The molecule has 27 heavy (non-hydrogen) atoms. The van der Waals surface area contributed by atoms with E-state index < -0.39 is 5.79 Å². The van der Waals surface area contributed by atoms with Crippen molar-refractivity contribution in [2.24, 2.45) is 4.99 Å². The van der Waals surface area contributed by atoms with Crippen molar-refractivity contribution in [1.82, 2.24) is 9.97 Å². The van der Waals surface area contributed by atoms with Gasteiger partial charge in [-0.3, -0.25) is 5.41 Å². The summed E-state index contributed by atoms with van der Waals surface area (Å²) in [7, 11) is 0. The molecular formula is C19H24N4O3S. The summed E-state index contributed by atoms with van der Waals surface area (Å²) < 4.78 is 11.6. The molecule has 0 aliphatic carbocycles. The Labute approximate surface area is 162 Å². The average molecular weight is 388 g/mol. The lowest BCUT2D eigenvalue weighted by atomic mass is 10.1. The van der Waals surface area contributed by atoms with Crippen LogP contribution in [0.25, 0.3) is 0 Å². The van der Waals surface area contributed by atoms with Crippen LogP contribution in [-0.4, -0.2) is 44.9 Å². The lowest BCUT2D eigenvalue weighted by molar-refractivity contribution is -0.210. The van der Waals surface area contributed by atoms with E-state index in [0.29, 0.717) is 43.3 Å². The van der Waals surface area contributed by atoms with Crippen molar-refractivity contribution in [3.63, 3.8) is 0 Å². The molecule has 1 fully saturated rings. The van der Waals surface area contributed by atoms with Gasteiger partial charge in [-0.1, -0.05) is 42.1 Å². The minimum Gasteiger partial charge on any atom is -0.374 e. The first kappa shape index (κ1) is 19.8. The van der Waals surface area contributed by atoms with Crippen molar-refractivity contribution in [2.75, 3.05) is 12.9 Å². The molecule has 1 aliphatic heterocycles. The first-order valence-electron chi connectivity index (χ1n) is 8.76. The monoisotopic (exact) mass is 388 g/mol. The molecule has 2 aromatic rings. The van der Waals surface area contributed by atoms with Crippen molar-refractivity contribution >= 4 is 22.6 Å². The van der Waals surface area contributed by atoms with Gasteiger partial charge in [0, 0.05) is 6.42 Å². The number of imidazole rings is 1. The highest BCUT2D eigenvalue weighted by molar-refractivity contribution is 8.13. The molecule has 0 amide bonds. The second-order valence-electron chi connectivity index (χ2n) is 6.42. The standard InChI is InChI=1S/C19H24N4O3S/c1-13(22-18(20)27-2)17-21-10-16(23-17)19(24)9-8-15(26-19)12-25-11-14-6-4-3-5-7-14/h3-7,10,15,20,24H,8-9,11-12H2,1-2H3,(H,21,23)/t15-,19+/m0/s1. The topological polar surface area (TPSA) is 104 Å². The minimum absolute atomic E-state index is 0.176. The fourth-order valence-electron chi connectivity index (χ4n) is 2.90. The first-order valence-corrected chi connectivity index (χ1v) is 9.98. The number of H-pyrrole nitrogens is 1. The summed E-state index contributed by atoms with van der Waals surface area (Å²) in [5.41, 5.74) is 2.19. The Morgan fingerprint density at radius 3 is 3.00 bits per heavy atom. The van der Waals surface area contributed by atoms with E-state index in [2.05, 4.69) is 15.0 Å². The highest BCUT2D eigenvalue weighted by atomic mass is 32.2. The van der Waals surface area contributed by atoms with E-state index in [0.717, 1.165) is 5.56 Å². The molecule has 8 heteroatoms. The number of aromatic amines is 1. The summed E-state index contributed by atoms with van der Waals surface area (Å²) >= 11 is 1.25. The number of aromatic nitrogens is 2. The maximum Gasteiger partial charge on any atom is 0.209 e. The molecule has 144 valence electrons. The molecule has 0 saturated carbocycles. The molecule has 1 aliphatic rings. The second-order valence-corrected chi connectivity index (χ2v) is 7.21. The normalized spacial score (nSPS) is 22.9. The number of amidine groups is 1. The van der Waals surface area contributed by atoms with E-state index in [1.807, 2.05) is 30.3 Å². The lowest BCUT2D eigenvalue weighted by Crippen LogP contribution is -2.28. The molecule has 7 nitrogen and oxygen atoms in total. The van der Waals surface area contributed by atoms with Crippen LogP contribution in [0.15, 0.2) is 41.5 Å². The van der Waals surface area contributed by atoms with Gasteiger partial charge in [-0.25, -0.2) is 9.98 Å². The zero-order chi connectivity index (χ0) is 19.3. The molecule has 3 rings (SSSR count). The zero-order valence-corrected chi connectivity index (χ0v) is 16.3. The number of ether oxygens (including phenoxy) is 2. The van der Waals surface area contributed by atoms with E-state index in [4.69, 9.17) is 14.9 Å². The quantitative estimate of drug-likeness (QED) is 0.521. The third-order valence-corrected chi connectivity index (χ3v) is 4.86. The van der Waals surface area contributed by atoms with Gasteiger partial charge in [0.1, 0.15) is 0 Å². The number of aliphatic hydroxyl groups is 1. The summed E-state index contributed by atoms with van der Waals surface area (Å²) in [6.45, 7) is 2.71. The number of thioether (sulfide) groups is 1. The van der Waals surface area contributed by atoms with E-state index in [9.17, 15) is 5.11 Å². The van der Waals surface area contributed by atoms with E-state index in [1.165, 1.54) is 11.8 Å². The van der Waals surface area contributed by atoms with Gasteiger partial charge in [0.15, 0.2) is 11.0 Å². The van der Waals surface area contributed by atoms with Gasteiger partial charge in [0.05, 0.1) is 36.9 Å². The van der Waals surface area contributed by atoms with Crippen LogP contribution in [0.3, 0.4) is 0 Å². The number of aliphatic imine (C=N–C) groups is 1. The maximum atomic E-state index is 10.8. The molecule has 0 spiro atoms. The maximum absolute atomic E-state index is 10.8. The Bertz CT molecular complexity index is 808. The summed E-state index contributed by atoms with van der Waals surface area (Å²) in [5, 5.41) is 18.7. The Morgan fingerprint density at radius 2 is 2.26 bits per heavy atom. The number of benzene rings is 1. The Balaban J connectivity index is 1.56. The number of hydrogen-bond acceptors (Lipinski definition) is 6. The summed E-state index contributed by atoms with van der Waals surface area (Å²) in [6, 6.07) is 9.95. The van der Waals surface area contributed by atoms with E-state index in [-0.39, 0.29) is 11.3 Å². The molecule has 0 radical (unpaired) electrons. The van der Waals surface area contributed by atoms with Crippen molar-refractivity contribution in [3.8, 4) is 0 Å². The summed E-state index contributed by atoms with van der Waals surface area (Å²) in [5.74, 6) is -0.885. The smallest absolute Gasteiger partial charge is 0.209 e. The molecular weight excluding hydrogens is 364 g/mol. The molecule has 2 atom stereocenters. The molecule has 1 aromatic heterocycles. The van der Waals surface area contributed by atoms with E-state index in [1.54, 1.807) is 19.4 Å². The summed E-state index contributed by atoms with van der Waals surface area (Å²) in [4.78, 5) is 11.5. The fourth-order valence-corrected chi connectivity index (χ4v) is 3.13. The Kier molecular flexibility index (Phi) is 6.43. The minimum atomic E-state index is -1.40. The zero-order valence-electron chi connectivity index (χ0n) is 15.4. The van der Waals surface area contributed by atoms with Crippen LogP contribution in [0.1, 0.15) is 36.8 Å². The van der Waals surface area contributed by atoms with Crippen molar-refractivity contribution in [2.45, 2.75) is 38.3 Å². The van der Waals surface area contributed by atoms with Crippen molar-refractivity contribution < 1.29 is 14.6 Å². The number of nitrogens with one attached hydrogen (secondary N) is 2. The van der Waals surface area contributed by atoms with Crippen LogP contribution < -0.4 is 0 Å². The van der Waals surface area contributed by atoms with Crippen molar-refractivity contribution in [1.29, 1.82) is 5.41 Å². The highest BCUT2D eigenvalue weighted by Crippen LogP contribution is 2.36. The predicted molar refractivity (Wildman–Crippen MR) is 106 cm³/mol. The van der Waals surface area contributed by atoms with Gasteiger partial charge < -0.3 is 19.6 Å². The van der Waals surface area contributed by atoms with Gasteiger partial charge in [0.25, 0.3) is 0 Å². The lowest BCUT2D eigenvalue weighted by Gasteiger charge is -2.21. The SMILES string of the molecule is CSC(=N)N=C(C)c1ncc([C@@]2(O)CC[C@@H](COCc3ccccc3)O2)[nH]1. The summed E-state index contributed by atoms with van der Waals surface area (Å²) in [6.07, 6.45) is 4.34. The van der Waals surface area contributed by atoms with Gasteiger partial charge in [-0.05, 0) is 25.2 Å². The van der Waals surface area contributed by atoms with Crippen LogP contribution >= 0.6 is 11.8 Å². The number of rotatable bonds is 6. The van der Waals surface area contributed by atoms with Crippen LogP contribution in [0.2, 0.25) is 0 Å². The third kappa shape index (κ3) is 5.04. The van der Waals surface area contributed by atoms with E-state index >= 15 is 0 Å². The largest absolute Gasteiger partial charge is 0.374 e. The van der Waals surface area contributed by atoms with Crippen LogP contribution in [0.5, 0.6) is 0 Å². The number of hydrogen-bond donors (Lipinski definition) is 3. The molecule has 0 bridgehead atoms. The average Bonchev–Trinajstić information content (AvgIpc) is 3.31. The van der Waals surface area contributed by atoms with Crippen molar-refractivity contribution in [3.05, 3.63) is 53.6 Å². The Hall–Kier alpha value is -2.00. The first-order chi connectivity index (χ1) is 13.0. The molecule has 3 N–H and O–H groups in total. The van der Waals surface area contributed by atoms with Gasteiger partial charge in [-0.2, -0.15) is 0 Å². The molecule has 2 heterocycles. The fraction of sp³-hybridized carbons (Fsp3) is 0.421.